The molecule has 1 aliphatic heterocycles. The second-order valence-corrected chi connectivity index (χ2v) is 8.27. The van der Waals surface area contributed by atoms with Crippen LogP contribution in [0.2, 0.25) is 5.02 Å². The van der Waals surface area contributed by atoms with Gasteiger partial charge in [-0.2, -0.15) is 0 Å². The number of carboxylic acid groups (broad SMARTS) is 1. The lowest BCUT2D eigenvalue weighted by Crippen LogP contribution is -2.46. The molecule has 0 spiro atoms. The van der Waals surface area contributed by atoms with Crippen LogP contribution in [-0.2, 0) is 16.0 Å². The number of anilines is 1. The van der Waals surface area contributed by atoms with Crippen molar-refractivity contribution in [2.24, 2.45) is 4.99 Å². The van der Waals surface area contributed by atoms with E-state index in [4.69, 9.17) is 16.7 Å². The van der Waals surface area contributed by atoms with E-state index in [1.54, 1.807) is 19.1 Å². The molecule has 1 atom stereocenters. The van der Waals surface area contributed by atoms with Crippen molar-refractivity contribution in [1.29, 1.82) is 0 Å². The van der Waals surface area contributed by atoms with E-state index in [-0.39, 0.29) is 11.9 Å². The smallest absolute Gasteiger partial charge is 0.325 e. The van der Waals surface area contributed by atoms with Gasteiger partial charge in [-0.05, 0) is 55.3 Å². The maximum atomic E-state index is 13.4. The van der Waals surface area contributed by atoms with Crippen LogP contribution >= 0.6 is 27.5 Å². The van der Waals surface area contributed by atoms with Gasteiger partial charge in [0.1, 0.15) is 12.1 Å². The Hall–Kier alpha value is -2.38. The molecule has 1 amide bonds. The number of carboxylic acids is 1. The minimum absolute atomic E-state index is 0.202. The lowest BCUT2D eigenvalue weighted by Gasteiger charge is -2.22. The van der Waals surface area contributed by atoms with Gasteiger partial charge in [-0.1, -0.05) is 39.7 Å². The first-order valence-corrected chi connectivity index (χ1v) is 9.76. The van der Waals surface area contributed by atoms with Gasteiger partial charge in [0.25, 0.3) is 5.91 Å². The zero-order valence-corrected chi connectivity index (χ0v) is 17.7. The molecule has 2 N–H and O–H groups in total. The molecular weight excluding hydrogens is 446 g/mol. The number of aryl methyl sites for hydroxylation is 1. The normalized spacial score (nSPS) is 20.5. The van der Waals surface area contributed by atoms with E-state index in [0.717, 1.165) is 15.6 Å². The van der Waals surface area contributed by atoms with Crippen molar-refractivity contribution >= 4 is 51.1 Å². The fourth-order valence-corrected chi connectivity index (χ4v) is 3.72. The average molecular weight is 465 g/mol. The van der Waals surface area contributed by atoms with Gasteiger partial charge in [-0.15, -0.1) is 0 Å². The predicted octanol–water partition coefficient (Wildman–Crippen LogP) is 3.79. The molecule has 1 aliphatic rings. The van der Waals surface area contributed by atoms with Gasteiger partial charge in [0.05, 0.1) is 5.69 Å². The van der Waals surface area contributed by atoms with Crippen LogP contribution in [-0.4, -0.2) is 35.0 Å². The van der Waals surface area contributed by atoms with Gasteiger partial charge in [-0.3, -0.25) is 9.59 Å². The maximum Gasteiger partial charge on any atom is 0.325 e. The van der Waals surface area contributed by atoms with Crippen LogP contribution in [0.1, 0.15) is 18.1 Å². The minimum atomic E-state index is -1.08. The van der Waals surface area contributed by atoms with Gasteiger partial charge < -0.3 is 10.4 Å². The summed E-state index contributed by atoms with van der Waals surface area (Å²) in [5, 5.41) is 12.6. The Morgan fingerprint density at radius 1 is 1.29 bits per heavy atom. The summed E-state index contributed by atoms with van der Waals surface area (Å²) in [5.74, 6) is -1.10. The molecule has 0 aromatic heterocycles. The number of amides is 1. The van der Waals surface area contributed by atoms with Crippen molar-refractivity contribution in [1.82, 2.24) is 5.32 Å². The summed E-state index contributed by atoms with van der Waals surface area (Å²) in [5.41, 5.74) is 1.43. The van der Waals surface area contributed by atoms with Crippen molar-refractivity contribution in [2.75, 3.05) is 11.4 Å². The average Bonchev–Trinajstić information content (AvgIpc) is 2.85. The molecule has 0 bridgehead atoms. The summed E-state index contributed by atoms with van der Waals surface area (Å²) < 4.78 is 0.951. The molecule has 2 aromatic rings. The first-order valence-electron chi connectivity index (χ1n) is 8.58. The molecule has 0 radical (unpaired) electrons. The Bertz CT molecular complexity index is 941. The molecule has 1 saturated heterocycles. The van der Waals surface area contributed by atoms with Gasteiger partial charge >= 0.3 is 5.97 Å². The topological polar surface area (TPSA) is 82.0 Å². The SMILES string of the molecule is Cc1cc(Cl)cc(N2C(=O)[C@@](C)(Cc3ccc(Br)cc3)NC2=NCC(=O)O)c1. The quantitative estimate of drug-likeness (QED) is 0.705. The highest BCUT2D eigenvalue weighted by Crippen LogP contribution is 2.30. The monoisotopic (exact) mass is 463 g/mol. The standard InChI is InChI=1S/C20H19BrClN3O3/c1-12-7-15(22)9-16(8-12)25-18(28)20(2,24-19(25)23-11-17(26)27)10-13-3-5-14(21)6-4-13/h3-9H,10-11H2,1-2H3,(H,23,24)(H,26,27)/t20-/m1/s1. The second kappa shape index (κ2) is 7.93. The molecule has 0 aliphatic carbocycles. The third-order valence-corrected chi connectivity index (χ3v) is 5.14. The summed E-state index contributed by atoms with van der Waals surface area (Å²) in [6.07, 6.45) is 0.418. The minimum Gasteiger partial charge on any atom is -0.480 e. The molecule has 8 heteroatoms. The maximum absolute atomic E-state index is 13.4. The van der Waals surface area contributed by atoms with E-state index in [9.17, 15) is 9.59 Å². The Kier molecular flexibility index (Phi) is 5.76. The molecule has 0 saturated carbocycles. The largest absolute Gasteiger partial charge is 0.480 e. The number of aliphatic carboxylic acids is 1. The number of hydrogen-bond acceptors (Lipinski definition) is 3. The van der Waals surface area contributed by atoms with Crippen LogP contribution in [0.15, 0.2) is 51.9 Å². The van der Waals surface area contributed by atoms with Crippen molar-refractivity contribution in [3.05, 3.63) is 63.1 Å². The number of carbonyl (C=O) groups is 2. The van der Waals surface area contributed by atoms with Crippen molar-refractivity contribution in [3.63, 3.8) is 0 Å². The zero-order chi connectivity index (χ0) is 20.5. The van der Waals surface area contributed by atoms with E-state index >= 15 is 0 Å². The summed E-state index contributed by atoms with van der Waals surface area (Å²) in [6.45, 7) is 3.21. The zero-order valence-electron chi connectivity index (χ0n) is 15.4. The van der Waals surface area contributed by atoms with Gasteiger partial charge in [0, 0.05) is 15.9 Å². The van der Waals surface area contributed by atoms with Crippen molar-refractivity contribution in [3.8, 4) is 0 Å². The summed E-state index contributed by atoms with van der Waals surface area (Å²) in [4.78, 5) is 29.9. The summed E-state index contributed by atoms with van der Waals surface area (Å²) in [6, 6.07) is 13.0. The van der Waals surface area contributed by atoms with Gasteiger partial charge in [0.2, 0.25) is 5.96 Å². The van der Waals surface area contributed by atoms with Crippen LogP contribution < -0.4 is 10.2 Å². The highest BCUT2D eigenvalue weighted by Gasteiger charge is 2.47. The second-order valence-electron chi connectivity index (χ2n) is 6.92. The highest BCUT2D eigenvalue weighted by molar-refractivity contribution is 9.10. The number of aliphatic imine (C=N–C) groups is 1. The van der Waals surface area contributed by atoms with Crippen LogP contribution in [0.4, 0.5) is 5.69 Å². The molecule has 146 valence electrons. The fraction of sp³-hybridized carbons (Fsp3) is 0.250. The third-order valence-electron chi connectivity index (χ3n) is 4.39. The summed E-state index contributed by atoms with van der Waals surface area (Å²) in [7, 11) is 0. The van der Waals surface area contributed by atoms with E-state index < -0.39 is 18.1 Å². The Morgan fingerprint density at radius 3 is 2.57 bits per heavy atom. The van der Waals surface area contributed by atoms with Crippen LogP contribution in [0.25, 0.3) is 0 Å². The lowest BCUT2D eigenvalue weighted by molar-refractivity contribution is -0.135. The fourth-order valence-electron chi connectivity index (χ4n) is 3.17. The first kappa shape index (κ1) is 20.4. The third kappa shape index (κ3) is 4.36. The molecule has 1 fully saturated rings. The Labute approximate surface area is 176 Å². The predicted molar refractivity (Wildman–Crippen MR) is 113 cm³/mol. The van der Waals surface area contributed by atoms with Crippen LogP contribution in [0.5, 0.6) is 0 Å². The Morgan fingerprint density at radius 2 is 1.96 bits per heavy atom. The van der Waals surface area contributed by atoms with Gasteiger partial charge in [0.15, 0.2) is 0 Å². The molecule has 2 aromatic carbocycles. The van der Waals surface area contributed by atoms with Crippen LogP contribution in [0, 0.1) is 6.92 Å². The number of halogens is 2. The molecule has 0 unspecified atom stereocenters. The number of nitrogens with one attached hydrogen (secondary N) is 1. The Balaban J connectivity index is 2.00. The number of nitrogens with zero attached hydrogens (tertiary/aromatic N) is 2. The lowest BCUT2D eigenvalue weighted by atomic mass is 9.93. The number of guanidine groups is 1. The molecule has 28 heavy (non-hydrogen) atoms. The van der Waals surface area contributed by atoms with E-state index in [1.165, 1.54) is 4.90 Å². The van der Waals surface area contributed by atoms with Crippen molar-refractivity contribution < 1.29 is 14.7 Å². The number of rotatable bonds is 5. The van der Waals surface area contributed by atoms with E-state index in [0.29, 0.717) is 17.1 Å². The van der Waals surface area contributed by atoms with E-state index in [2.05, 4.69) is 26.2 Å². The number of benzene rings is 2. The molecule has 3 rings (SSSR count). The molecule has 6 nitrogen and oxygen atoms in total. The van der Waals surface area contributed by atoms with Crippen LogP contribution in [0.3, 0.4) is 0 Å². The molecular formula is C20H19BrClN3O3. The number of hydrogen-bond donors (Lipinski definition) is 2. The molecule has 1 heterocycles. The van der Waals surface area contributed by atoms with Gasteiger partial charge in [-0.25, -0.2) is 9.89 Å². The van der Waals surface area contributed by atoms with E-state index in [1.807, 2.05) is 37.3 Å². The first-order chi connectivity index (χ1) is 13.2. The van der Waals surface area contributed by atoms with Crippen molar-refractivity contribution in [2.45, 2.75) is 25.8 Å². The highest BCUT2D eigenvalue weighted by atomic mass is 79.9. The number of carbonyl (C=O) groups excluding carboxylic acids is 1. The summed E-state index contributed by atoms with van der Waals surface area (Å²) >= 11 is 9.57.